The Morgan fingerprint density at radius 1 is 1.38 bits per heavy atom. The standard InChI is InChI=1S/C11H16BrNO2S/c12-5-1-2-6-13-11(14)9-7-3-4-8(15-7)10(9)16-13/h7-10H,1-6H2/t7-,8+,9-,10+/m0/s1. The third-order valence-electron chi connectivity index (χ3n) is 3.73. The second-order valence-corrected chi connectivity index (χ2v) is 6.71. The fourth-order valence-corrected chi connectivity index (χ4v) is 4.86. The number of nitrogens with zero attached hydrogens (tertiary/aromatic N) is 1. The summed E-state index contributed by atoms with van der Waals surface area (Å²) in [5.74, 6) is 0.504. The highest BCUT2D eigenvalue weighted by molar-refractivity contribution is 9.09. The van der Waals surface area contributed by atoms with Gasteiger partial charge in [0.2, 0.25) is 5.91 Å². The molecule has 3 saturated heterocycles. The lowest BCUT2D eigenvalue weighted by Gasteiger charge is -2.17. The number of amides is 1. The quantitative estimate of drug-likeness (QED) is 0.453. The molecule has 4 atom stereocenters. The van der Waals surface area contributed by atoms with Crippen molar-refractivity contribution in [2.24, 2.45) is 5.92 Å². The van der Waals surface area contributed by atoms with Gasteiger partial charge in [-0.3, -0.25) is 9.10 Å². The van der Waals surface area contributed by atoms with Gasteiger partial charge >= 0.3 is 0 Å². The van der Waals surface area contributed by atoms with E-state index in [1.165, 1.54) is 0 Å². The molecule has 3 rings (SSSR count). The summed E-state index contributed by atoms with van der Waals surface area (Å²) in [4.78, 5) is 12.2. The molecule has 90 valence electrons. The van der Waals surface area contributed by atoms with Crippen molar-refractivity contribution in [1.29, 1.82) is 0 Å². The van der Waals surface area contributed by atoms with Gasteiger partial charge in [-0.1, -0.05) is 15.9 Å². The molecule has 0 aromatic heterocycles. The van der Waals surface area contributed by atoms with E-state index >= 15 is 0 Å². The number of fused-ring (bicyclic) bond motifs is 5. The minimum Gasteiger partial charge on any atom is -0.373 e. The van der Waals surface area contributed by atoms with Gasteiger partial charge in [0, 0.05) is 11.9 Å². The van der Waals surface area contributed by atoms with Gasteiger partial charge in [-0.15, -0.1) is 0 Å². The molecule has 0 saturated carbocycles. The number of hydrogen-bond donors (Lipinski definition) is 0. The maximum Gasteiger partial charge on any atom is 0.239 e. The number of carbonyl (C=O) groups excluding carboxylic acids is 1. The van der Waals surface area contributed by atoms with Crippen molar-refractivity contribution in [2.75, 3.05) is 11.9 Å². The van der Waals surface area contributed by atoms with Crippen molar-refractivity contribution >= 4 is 33.8 Å². The van der Waals surface area contributed by atoms with Crippen LogP contribution in [-0.4, -0.2) is 39.5 Å². The molecule has 0 aliphatic carbocycles. The Hall–Kier alpha value is 0.260. The highest BCUT2D eigenvalue weighted by atomic mass is 79.9. The third-order valence-corrected chi connectivity index (χ3v) is 5.75. The van der Waals surface area contributed by atoms with E-state index in [0.717, 1.165) is 37.6 Å². The van der Waals surface area contributed by atoms with E-state index in [9.17, 15) is 4.79 Å². The fraction of sp³-hybridized carbons (Fsp3) is 0.909. The van der Waals surface area contributed by atoms with E-state index in [1.54, 1.807) is 11.9 Å². The second kappa shape index (κ2) is 4.50. The van der Waals surface area contributed by atoms with Crippen LogP contribution < -0.4 is 0 Å². The topological polar surface area (TPSA) is 29.5 Å². The van der Waals surface area contributed by atoms with Crippen LogP contribution in [0.2, 0.25) is 0 Å². The van der Waals surface area contributed by atoms with Crippen molar-refractivity contribution in [3.63, 3.8) is 0 Å². The Kier molecular flexibility index (Phi) is 3.19. The normalized spacial score (nSPS) is 40.8. The molecule has 16 heavy (non-hydrogen) atoms. The van der Waals surface area contributed by atoms with Crippen LogP contribution in [-0.2, 0) is 9.53 Å². The molecule has 0 radical (unpaired) electrons. The van der Waals surface area contributed by atoms with Crippen molar-refractivity contribution in [2.45, 2.75) is 43.1 Å². The van der Waals surface area contributed by atoms with Gasteiger partial charge < -0.3 is 4.74 Å². The summed E-state index contributed by atoms with van der Waals surface area (Å²) in [5.41, 5.74) is 0. The Morgan fingerprint density at radius 3 is 2.94 bits per heavy atom. The zero-order chi connectivity index (χ0) is 11.1. The molecule has 2 bridgehead atoms. The van der Waals surface area contributed by atoms with Crippen molar-refractivity contribution in [1.82, 2.24) is 4.31 Å². The first-order valence-electron chi connectivity index (χ1n) is 6.01. The van der Waals surface area contributed by atoms with Crippen LogP contribution in [0, 0.1) is 5.92 Å². The van der Waals surface area contributed by atoms with Gasteiger partial charge in [0.15, 0.2) is 0 Å². The molecule has 3 aliphatic rings. The lowest BCUT2D eigenvalue weighted by Crippen LogP contribution is -2.32. The first-order valence-corrected chi connectivity index (χ1v) is 7.96. The number of unbranched alkanes of at least 4 members (excludes halogenated alkanes) is 1. The Labute approximate surface area is 109 Å². The molecular weight excluding hydrogens is 290 g/mol. The molecule has 3 nitrogen and oxygen atoms in total. The Balaban J connectivity index is 1.62. The summed E-state index contributed by atoms with van der Waals surface area (Å²) in [7, 11) is 0. The smallest absolute Gasteiger partial charge is 0.239 e. The van der Waals surface area contributed by atoms with Crippen LogP contribution in [0.4, 0.5) is 0 Å². The number of alkyl halides is 1. The second-order valence-electron chi connectivity index (χ2n) is 4.72. The van der Waals surface area contributed by atoms with E-state index < -0.39 is 0 Å². The lowest BCUT2D eigenvalue weighted by atomic mass is 9.88. The van der Waals surface area contributed by atoms with E-state index in [0.29, 0.717) is 17.3 Å². The van der Waals surface area contributed by atoms with Gasteiger partial charge in [0.25, 0.3) is 0 Å². The first kappa shape index (κ1) is 11.4. The zero-order valence-electron chi connectivity index (χ0n) is 9.10. The minimum absolute atomic E-state index is 0.174. The summed E-state index contributed by atoms with van der Waals surface area (Å²) in [6, 6.07) is 0. The predicted molar refractivity (Wildman–Crippen MR) is 67.5 cm³/mol. The molecule has 3 aliphatic heterocycles. The van der Waals surface area contributed by atoms with E-state index in [2.05, 4.69) is 15.9 Å². The number of halogens is 1. The maximum atomic E-state index is 12.2. The molecule has 0 spiro atoms. The third kappa shape index (κ3) is 1.71. The molecular formula is C11H16BrNO2S. The zero-order valence-corrected chi connectivity index (χ0v) is 11.5. The summed E-state index contributed by atoms with van der Waals surface area (Å²) in [6.45, 7) is 0.904. The highest BCUT2D eigenvalue weighted by Crippen LogP contribution is 2.51. The average molecular weight is 306 g/mol. The van der Waals surface area contributed by atoms with E-state index in [1.807, 2.05) is 4.31 Å². The Morgan fingerprint density at radius 2 is 2.19 bits per heavy atom. The van der Waals surface area contributed by atoms with Crippen LogP contribution in [0.1, 0.15) is 25.7 Å². The minimum atomic E-state index is 0.174. The first-order chi connectivity index (χ1) is 7.81. The molecule has 3 heterocycles. The molecule has 0 aromatic carbocycles. The fourth-order valence-electron chi connectivity index (χ4n) is 2.95. The summed E-state index contributed by atoms with van der Waals surface area (Å²) >= 11 is 5.17. The number of ether oxygens (including phenoxy) is 1. The average Bonchev–Trinajstić information content (AvgIpc) is 2.93. The van der Waals surface area contributed by atoms with Gasteiger partial charge in [0.05, 0.1) is 23.4 Å². The molecule has 1 amide bonds. The summed E-state index contributed by atoms with van der Waals surface area (Å²) in [5, 5.41) is 1.45. The summed E-state index contributed by atoms with van der Waals surface area (Å²) in [6.07, 6.45) is 5.07. The molecule has 0 unspecified atom stereocenters. The van der Waals surface area contributed by atoms with Gasteiger partial charge in [-0.25, -0.2) is 0 Å². The molecule has 5 heteroatoms. The monoisotopic (exact) mass is 305 g/mol. The molecule has 0 aromatic rings. The van der Waals surface area contributed by atoms with Gasteiger partial charge in [0.1, 0.15) is 0 Å². The highest BCUT2D eigenvalue weighted by Gasteiger charge is 2.58. The SMILES string of the molecule is O=C1[C@@H]2[C@H](SN1CCCCBr)[C@H]1CC[C@@H]2O1. The van der Waals surface area contributed by atoms with Crippen LogP contribution in [0.25, 0.3) is 0 Å². The number of rotatable bonds is 4. The van der Waals surface area contributed by atoms with Crippen LogP contribution in [0.15, 0.2) is 0 Å². The maximum absolute atomic E-state index is 12.2. The van der Waals surface area contributed by atoms with Crippen molar-refractivity contribution in [3.05, 3.63) is 0 Å². The largest absolute Gasteiger partial charge is 0.373 e. The van der Waals surface area contributed by atoms with E-state index in [-0.39, 0.29) is 12.0 Å². The summed E-state index contributed by atoms with van der Waals surface area (Å²) < 4.78 is 7.80. The van der Waals surface area contributed by atoms with Crippen molar-refractivity contribution < 1.29 is 9.53 Å². The van der Waals surface area contributed by atoms with Gasteiger partial charge in [-0.2, -0.15) is 0 Å². The predicted octanol–water partition coefficient (Wildman–Crippen LogP) is 2.20. The van der Waals surface area contributed by atoms with Crippen LogP contribution in [0.5, 0.6) is 0 Å². The van der Waals surface area contributed by atoms with Gasteiger partial charge in [-0.05, 0) is 37.6 Å². The van der Waals surface area contributed by atoms with Crippen LogP contribution >= 0.6 is 27.9 Å². The Bertz CT molecular complexity index is 302. The molecule has 0 N–H and O–H groups in total. The van der Waals surface area contributed by atoms with Crippen molar-refractivity contribution in [3.8, 4) is 0 Å². The molecule has 3 fully saturated rings. The lowest BCUT2D eigenvalue weighted by molar-refractivity contribution is -0.130. The van der Waals surface area contributed by atoms with Crippen LogP contribution in [0.3, 0.4) is 0 Å². The number of hydrogen-bond acceptors (Lipinski definition) is 3. The van der Waals surface area contributed by atoms with E-state index in [4.69, 9.17) is 4.74 Å². The number of carbonyl (C=O) groups is 1.